The predicted octanol–water partition coefficient (Wildman–Crippen LogP) is 2.61. The topological polar surface area (TPSA) is 173 Å². The molecule has 0 spiro atoms. The number of esters is 1. The molecular formula is C28H33N7O7. The normalized spacial score (nSPS) is 13.1. The summed E-state index contributed by atoms with van der Waals surface area (Å²) >= 11 is 0. The van der Waals surface area contributed by atoms with Gasteiger partial charge >= 0.3 is 12.1 Å². The molecule has 14 nitrogen and oxygen atoms in total. The average Bonchev–Trinajstić information content (AvgIpc) is 3.72. The Kier molecular flexibility index (Phi) is 9.35. The SMILES string of the molecule is CCCN(C(=O)OCOC(=O)C(C)NC=O)C(=O)c1cn2ncnc(Nc3cc(C(=O)NC4CC4)ccc3C)c2c1C. The molecule has 1 unspecified atom stereocenters. The van der Waals surface area contributed by atoms with E-state index in [1.54, 1.807) is 26.0 Å². The highest BCUT2D eigenvalue weighted by Gasteiger charge is 2.28. The Labute approximate surface area is 241 Å². The van der Waals surface area contributed by atoms with E-state index in [0.717, 1.165) is 23.3 Å². The lowest BCUT2D eigenvalue weighted by atomic mass is 10.1. The maximum absolute atomic E-state index is 13.5. The van der Waals surface area contributed by atoms with Crippen LogP contribution in [0.5, 0.6) is 0 Å². The van der Waals surface area contributed by atoms with Gasteiger partial charge in [-0.05, 0) is 63.3 Å². The Bertz CT molecular complexity index is 1520. The Morgan fingerprint density at radius 3 is 2.64 bits per heavy atom. The van der Waals surface area contributed by atoms with Crippen molar-refractivity contribution >= 4 is 47.3 Å². The first-order valence-electron chi connectivity index (χ1n) is 13.5. The van der Waals surface area contributed by atoms with Gasteiger partial charge in [0.05, 0.1) is 5.56 Å². The van der Waals surface area contributed by atoms with E-state index in [1.807, 2.05) is 13.0 Å². The third-order valence-electron chi connectivity index (χ3n) is 6.69. The summed E-state index contributed by atoms with van der Waals surface area (Å²) in [6.07, 6.45) is 4.59. The zero-order valence-electron chi connectivity index (χ0n) is 23.8. The van der Waals surface area contributed by atoms with Crippen molar-refractivity contribution < 1.29 is 33.4 Å². The Hall–Kier alpha value is -5.01. The standard InChI is InChI=1S/C28H33N7O7/c1-5-10-34(28(40)42-15-41-27(39)18(4)30-14-36)26(38)21-12-35-23(17(21)3)24(29-13-31-35)33-22-11-19(7-6-16(22)2)25(37)32-20-8-9-20/h6-7,11-14,18,20H,5,8-10,15H2,1-4H3,(H,30,36)(H,32,37)(H,29,31,33). The molecule has 4 rings (SSSR count). The van der Waals surface area contributed by atoms with E-state index in [2.05, 4.69) is 26.0 Å². The lowest BCUT2D eigenvalue weighted by molar-refractivity contribution is -0.154. The fourth-order valence-corrected chi connectivity index (χ4v) is 4.15. The summed E-state index contributed by atoms with van der Waals surface area (Å²) in [6.45, 7) is 6.12. The minimum absolute atomic E-state index is 0.0477. The molecule has 2 aromatic heterocycles. The second-order valence-corrected chi connectivity index (χ2v) is 9.93. The second kappa shape index (κ2) is 13.1. The Balaban J connectivity index is 1.54. The fourth-order valence-electron chi connectivity index (χ4n) is 4.15. The monoisotopic (exact) mass is 579 g/mol. The highest BCUT2D eigenvalue weighted by molar-refractivity contribution is 6.05. The molecule has 0 aliphatic heterocycles. The van der Waals surface area contributed by atoms with Gasteiger partial charge in [0, 0.05) is 30.0 Å². The van der Waals surface area contributed by atoms with Crippen LogP contribution < -0.4 is 16.0 Å². The van der Waals surface area contributed by atoms with Crippen molar-refractivity contribution in [2.45, 2.75) is 59.0 Å². The van der Waals surface area contributed by atoms with Gasteiger partial charge in [-0.3, -0.25) is 14.4 Å². The van der Waals surface area contributed by atoms with Crippen molar-refractivity contribution in [3.8, 4) is 0 Å². The van der Waals surface area contributed by atoms with E-state index in [9.17, 15) is 24.0 Å². The van der Waals surface area contributed by atoms with Crippen LogP contribution in [0.2, 0.25) is 0 Å². The molecular weight excluding hydrogens is 546 g/mol. The van der Waals surface area contributed by atoms with Crippen molar-refractivity contribution in [3.63, 3.8) is 0 Å². The van der Waals surface area contributed by atoms with Gasteiger partial charge in [-0.25, -0.2) is 24.0 Å². The molecule has 14 heteroatoms. The smallest absolute Gasteiger partial charge is 0.419 e. The van der Waals surface area contributed by atoms with Crippen LogP contribution in [0, 0.1) is 13.8 Å². The number of benzene rings is 1. The van der Waals surface area contributed by atoms with Crippen molar-refractivity contribution in [2.75, 3.05) is 18.7 Å². The minimum Gasteiger partial charge on any atom is -0.426 e. The summed E-state index contributed by atoms with van der Waals surface area (Å²) in [5.41, 5.74) is 3.26. The van der Waals surface area contributed by atoms with Crippen LogP contribution in [0.3, 0.4) is 0 Å². The molecule has 0 bridgehead atoms. The number of aryl methyl sites for hydroxylation is 2. The molecule has 1 atom stereocenters. The quantitative estimate of drug-likeness (QED) is 0.164. The van der Waals surface area contributed by atoms with Gasteiger partial charge in [0.2, 0.25) is 13.2 Å². The average molecular weight is 580 g/mol. The van der Waals surface area contributed by atoms with Crippen LogP contribution in [0.1, 0.15) is 65.0 Å². The second-order valence-electron chi connectivity index (χ2n) is 9.93. The van der Waals surface area contributed by atoms with Crippen LogP contribution in [0.15, 0.2) is 30.7 Å². The number of nitrogens with one attached hydrogen (secondary N) is 3. The van der Waals surface area contributed by atoms with E-state index in [4.69, 9.17) is 9.47 Å². The molecule has 3 aromatic rings. The molecule has 1 aliphatic rings. The molecule has 1 aliphatic carbocycles. The first-order chi connectivity index (χ1) is 20.1. The summed E-state index contributed by atoms with van der Waals surface area (Å²) in [7, 11) is 0. The molecule has 1 aromatic carbocycles. The Morgan fingerprint density at radius 2 is 1.95 bits per heavy atom. The number of anilines is 2. The Morgan fingerprint density at radius 1 is 1.19 bits per heavy atom. The summed E-state index contributed by atoms with van der Waals surface area (Å²) in [4.78, 5) is 66.5. The largest absolute Gasteiger partial charge is 0.426 e. The summed E-state index contributed by atoms with van der Waals surface area (Å²) in [5, 5.41) is 12.7. The van der Waals surface area contributed by atoms with Crippen molar-refractivity contribution in [2.24, 2.45) is 0 Å². The number of carbonyl (C=O) groups is 5. The van der Waals surface area contributed by atoms with Crippen LogP contribution in [-0.2, 0) is 19.1 Å². The highest BCUT2D eigenvalue weighted by atomic mass is 16.7. The number of nitrogens with zero attached hydrogens (tertiary/aromatic N) is 4. The predicted molar refractivity (Wildman–Crippen MR) is 150 cm³/mol. The number of ether oxygens (including phenoxy) is 2. The van der Waals surface area contributed by atoms with Crippen molar-refractivity contribution in [1.82, 2.24) is 30.1 Å². The van der Waals surface area contributed by atoms with E-state index in [-0.39, 0.29) is 24.1 Å². The molecule has 0 radical (unpaired) electrons. The first kappa shape index (κ1) is 30.0. The minimum atomic E-state index is -0.998. The zero-order valence-corrected chi connectivity index (χ0v) is 23.8. The fraction of sp³-hybridized carbons (Fsp3) is 0.393. The number of aromatic nitrogens is 3. The van der Waals surface area contributed by atoms with Gasteiger partial charge in [0.15, 0.2) is 5.82 Å². The highest BCUT2D eigenvalue weighted by Crippen LogP contribution is 2.28. The summed E-state index contributed by atoms with van der Waals surface area (Å²) < 4.78 is 11.3. The van der Waals surface area contributed by atoms with Gasteiger partial charge in [0.25, 0.3) is 11.8 Å². The van der Waals surface area contributed by atoms with Gasteiger partial charge in [-0.15, -0.1) is 0 Å². The zero-order chi connectivity index (χ0) is 30.4. The van der Waals surface area contributed by atoms with Crippen molar-refractivity contribution in [3.05, 3.63) is 53.0 Å². The molecule has 4 amide bonds. The molecule has 2 heterocycles. The number of amides is 4. The van der Waals surface area contributed by atoms with Gasteiger partial charge in [-0.1, -0.05) is 13.0 Å². The third kappa shape index (κ3) is 6.82. The van der Waals surface area contributed by atoms with Gasteiger partial charge in [-0.2, -0.15) is 5.10 Å². The number of hydrogen-bond donors (Lipinski definition) is 3. The van der Waals surface area contributed by atoms with E-state index >= 15 is 0 Å². The summed E-state index contributed by atoms with van der Waals surface area (Å²) in [6, 6.07) is 4.65. The number of hydrogen-bond acceptors (Lipinski definition) is 10. The molecule has 42 heavy (non-hydrogen) atoms. The summed E-state index contributed by atoms with van der Waals surface area (Å²) in [5.74, 6) is -1.18. The van der Waals surface area contributed by atoms with Crippen LogP contribution in [0.4, 0.5) is 16.3 Å². The first-order valence-corrected chi connectivity index (χ1v) is 13.5. The molecule has 0 saturated heterocycles. The van der Waals surface area contributed by atoms with E-state index in [1.165, 1.54) is 24.0 Å². The molecule has 3 N–H and O–H groups in total. The lowest BCUT2D eigenvalue weighted by Crippen LogP contribution is -2.39. The van der Waals surface area contributed by atoms with Crippen LogP contribution in [0.25, 0.3) is 5.52 Å². The molecule has 1 fully saturated rings. The number of imide groups is 1. The molecule has 222 valence electrons. The van der Waals surface area contributed by atoms with Crippen LogP contribution >= 0.6 is 0 Å². The number of rotatable bonds is 12. The maximum Gasteiger partial charge on any atom is 0.419 e. The van der Waals surface area contributed by atoms with Crippen molar-refractivity contribution in [1.29, 1.82) is 0 Å². The number of fused-ring (bicyclic) bond motifs is 1. The van der Waals surface area contributed by atoms with E-state index in [0.29, 0.717) is 41.0 Å². The van der Waals surface area contributed by atoms with Gasteiger partial charge in [0.1, 0.15) is 17.9 Å². The third-order valence-corrected chi connectivity index (χ3v) is 6.69. The van der Waals surface area contributed by atoms with Gasteiger partial charge < -0.3 is 25.4 Å². The van der Waals surface area contributed by atoms with E-state index < -0.39 is 30.8 Å². The number of carbonyl (C=O) groups excluding carboxylic acids is 5. The molecule has 1 saturated carbocycles. The maximum atomic E-state index is 13.5. The lowest BCUT2D eigenvalue weighted by Gasteiger charge is -2.20. The van der Waals surface area contributed by atoms with Crippen LogP contribution in [-0.4, -0.2) is 75.2 Å².